The van der Waals surface area contributed by atoms with E-state index in [9.17, 15) is 9.90 Å². The van der Waals surface area contributed by atoms with E-state index in [1.54, 1.807) is 13.2 Å². The molecule has 7 nitrogen and oxygen atoms in total. The summed E-state index contributed by atoms with van der Waals surface area (Å²) in [6.45, 7) is 3.95. The van der Waals surface area contributed by atoms with Crippen molar-refractivity contribution >= 4 is 28.4 Å². The smallest absolute Gasteiger partial charge is 0.233 e. The number of phenolic OH excluding ortho intramolecular Hbond substituents is 1. The average Bonchev–Trinajstić information content (AvgIpc) is 3.18. The third-order valence-corrected chi connectivity index (χ3v) is 6.74. The summed E-state index contributed by atoms with van der Waals surface area (Å²) in [4.78, 5) is 14.7. The van der Waals surface area contributed by atoms with Crippen molar-refractivity contribution in [3.8, 4) is 17.1 Å². The fraction of sp³-hybridized carbons (Fsp3) is 0.435. The number of nitrogens with zero attached hydrogens (tertiary/aromatic N) is 4. The SMILES string of the molecule is COCCn1c(SCC(=O)N2CCCC[C@@H]2C)nnc1-c1cc2ccccc2cc1O. The topological polar surface area (TPSA) is 80.5 Å². The molecule has 0 radical (unpaired) electrons. The molecule has 1 N–H and O–H groups in total. The van der Waals surface area contributed by atoms with Crippen LogP contribution < -0.4 is 0 Å². The van der Waals surface area contributed by atoms with Crippen LogP contribution in [0.15, 0.2) is 41.6 Å². The van der Waals surface area contributed by atoms with Crippen LogP contribution in [0.5, 0.6) is 5.75 Å². The second-order valence-corrected chi connectivity index (χ2v) is 8.83. The molecule has 1 atom stereocenters. The molecule has 8 heteroatoms. The van der Waals surface area contributed by atoms with Crippen LogP contribution in [-0.4, -0.2) is 62.7 Å². The average molecular weight is 441 g/mol. The van der Waals surface area contributed by atoms with Gasteiger partial charge in [-0.05, 0) is 49.1 Å². The zero-order valence-electron chi connectivity index (χ0n) is 18.0. The summed E-state index contributed by atoms with van der Waals surface area (Å²) in [6.07, 6.45) is 3.31. The Morgan fingerprint density at radius 1 is 1.23 bits per heavy atom. The number of piperidine rings is 1. The standard InChI is InChI=1S/C23H28N4O3S/c1-16-7-5-6-10-26(16)21(29)15-31-23-25-24-22(27(23)11-12-30-2)19-13-17-8-3-4-9-18(17)14-20(19)28/h3-4,8-9,13-14,16,28H,5-7,10-12,15H2,1-2H3/t16-/m0/s1. The lowest BCUT2D eigenvalue weighted by Gasteiger charge is -2.33. The molecule has 0 bridgehead atoms. The van der Waals surface area contributed by atoms with Crippen LogP contribution in [0.25, 0.3) is 22.2 Å². The van der Waals surface area contributed by atoms with Gasteiger partial charge in [-0.25, -0.2) is 0 Å². The summed E-state index contributed by atoms with van der Waals surface area (Å²) in [6, 6.07) is 11.8. The number of ether oxygens (including phenoxy) is 1. The van der Waals surface area contributed by atoms with E-state index in [0.717, 1.165) is 30.2 Å². The molecular weight excluding hydrogens is 412 g/mol. The van der Waals surface area contributed by atoms with Gasteiger partial charge in [0, 0.05) is 19.7 Å². The molecule has 2 aromatic carbocycles. The molecule has 1 aliphatic rings. The van der Waals surface area contributed by atoms with Crippen molar-refractivity contribution in [2.75, 3.05) is 26.0 Å². The molecule has 1 amide bonds. The Kier molecular flexibility index (Phi) is 6.77. The summed E-state index contributed by atoms with van der Waals surface area (Å²) in [5.74, 6) is 1.17. The number of aromatic hydroxyl groups is 1. The molecule has 1 fully saturated rings. The first-order valence-corrected chi connectivity index (χ1v) is 11.6. The number of aromatic nitrogens is 3. The Morgan fingerprint density at radius 3 is 2.74 bits per heavy atom. The van der Waals surface area contributed by atoms with Crippen LogP contribution in [-0.2, 0) is 16.1 Å². The predicted octanol–water partition coefficient (Wildman–Crippen LogP) is 3.94. The van der Waals surface area contributed by atoms with Gasteiger partial charge in [0.2, 0.25) is 5.91 Å². The minimum atomic E-state index is 0.133. The van der Waals surface area contributed by atoms with E-state index in [2.05, 4.69) is 17.1 Å². The molecule has 0 saturated carbocycles. The summed E-state index contributed by atoms with van der Waals surface area (Å²) < 4.78 is 7.19. The molecule has 1 saturated heterocycles. The van der Waals surface area contributed by atoms with Crippen LogP contribution in [0.2, 0.25) is 0 Å². The zero-order chi connectivity index (χ0) is 21.8. The molecule has 0 aliphatic carbocycles. The molecule has 1 aromatic heterocycles. The van der Waals surface area contributed by atoms with Gasteiger partial charge in [-0.2, -0.15) is 0 Å². The largest absolute Gasteiger partial charge is 0.507 e. The highest BCUT2D eigenvalue weighted by Gasteiger charge is 2.24. The summed E-state index contributed by atoms with van der Waals surface area (Å²) in [5, 5.41) is 22.0. The van der Waals surface area contributed by atoms with Crippen molar-refractivity contribution in [3.63, 3.8) is 0 Å². The van der Waals surface area contributed by atoms with E-state index in [-0.39, 0.29) is 11.7 Å². The zero-order valence-corrected chi connectivity index (χ0v) is 18.8. The van der Waals surface area contributed by atoms with Gasteiger partial charge in [-0.15, -0.1) is 10.2 Å². The van der Waals surface area contributed by atoms with Gasteiger partial charge in [0.25, 0.3) is 0 Å². The maximum Gasteiger partial charge on any atom is 0.233 e. The molecule has 0 spiro atoms. The fourth-order valence-corrected chi connectivity index (χ4v) is 4.91. The lowest BCUT2D eigenvalue weighted by atomic mass is 10.0. The molecular formula is C23H28N4O3S. The van der Waals surface area contributed by atoms with E-state index in [4.69, 9.17) is 4.74 Å². The maximum atomic E-state index is 12.8. The van der Waals surface area contributed by atoms with E-state index >= 15 is 0 Å². The van der Waals surface area contributed by atoms with Gasteiger partial charge < -0.3 is 14.7 Å². The van der Waals surface area contributed by atoms with E-state index in [1.807, 2.05) is 39.8 Å². The predicted molar refractivity (Wildman–Crippen MR) is 122 cm³/mol. The Morgan fingerprint density at radius 2 is 2.00 bits per heavy atom. The summed E-state index contributed by atoms with van der Waals surface area (Å²) >= 11 is 1.39. The molecule has 31 heavy (non-hydrogen) atoms. The first-order valence-electron chi connectivity index (χ1n) is 10.6. The number of thioether (sulfide) groups is 1. The highest BCUT2D eigenvalue weighted by Crippen LogP contribution is 2.34. The fourth-order valence-electron chi connectivity index (χ4n) is 4.06. The van der Waals surface area contributed by atoms with Crippen molar-refractivity contribution in [2.24, 2.45) is 0 Å². The first kappa shape index (κ1) is 21.6. The molecule has 0 unspecified atom stereocenters. The lowest BCUT2D eigenvalue weighted by molar-refractivity contribution is -0.131. The van der Waals surface area contributed by atoms with Crippen molar-refractivity contribution in [2.45, 2.75) is 43.9 Å². The summed E-state index contributed by atoms with van der Waals surface area (Å²) in [5.41, 5.74) is 0.616. The Labute approximate surface area is 186 Å². The Balaban J connectivity index is 1.60. The minimum Gasteiger partial charge on any atom is -0.507 e. The van der Waals surface area contributed by atoms with Crippen LogP contribution in [0.4, 0.5) is 0 Å². The number of fused-ring (bicyclic) bond motifs is 1. The van der Waals surface area contributed by atoms with Gasteiger partial charge >= 0.3 is 0 Å². The molecule has 3 aromatic rings. The van der Waals surface area contributed by atoms with Crippen molar-refractivity contribution in [1.82, 2.24) is 19.7 Å². The molecule has 4 rings (SSSR count). The van der Waals surface area contributed by atoms with Gasteiger partial charge in [-0.1, -0.05) is 36.0 Å². The molecule has 1 aliphatic heterocycles. The number of carbonyl (C=O) groups is 1. The second kappa shape index (κ2) is 9.70. The number of phenols is 1. The molecule has 2 heterocycles. The van der Waals surface area contributed by atoms with Crippen LogP contribution in [0, 0.1) is 0 Å². The van der Waals surface area contributed by atoms with Crippen LogP contribution in [0.3, 0.4) is 0 Å². The maximum absolute atomic E-state index is 12.8. The molecule has 164 valence electrons. The Hall–Kier alpha value is -2.58. The number of hydrogen-bond donors (Lipinski definition) is 1. The number of likely N-dealkylation sites (tertiary alicyclic amines) is 1. The first-order chi connectivity index (χ1) is 15.1. The van der Waals surface area contributed by atoms with Crippen LogP contribution in [0.1, 0.15) is 26.2 Å². The third-order valence-electron chi connectivity index (χ3n) is 5.79. The number of carbonyl (C=O) groups excluding carboxylic acids is 1. The summed E-state index contributed by atoms with van der Waals surface area (Å²) in [7, 11) is 1.64. The van der Waals surface area contributed by atoms with Gasteiger partial charge in [-0.3, -0.25) is 9.36 Å². The van der Waals surface area contributed by atoms with Crippen molar-refractivity contribution < 1.29 is 14.6 Å². The second-order valence-electron chi connectivity index (χ2n) is 7.89. The van der Waals surface area contributed by atoms with E-state index in [1.165, 1.54) is 18.2 Å². The number of methoxy groups -OCH3 is 1. The van der Waals surface area contributed by atoms with Crippen molar-refractivity contribution in [3.05, 3.63) is 36.4 Å². The monoisotopic (exact) mass is 440 g/mol. The lowest BCUT2D eigenvalue weighted by Crippen LogP contribution is -2.43. The number of rotatable bonds is 7. The number of hydrogen-bond acceptors (Lipinski definition) is 6. The van der Waals surface area contributed by atoms with Crippen molar-refractivity contribution in [1.29, 1.82) is 0 Å². The minimum absolute atomic E-state index is 0.133. The highest BCUT2D eigenvalue weighted by atomic mass is 32.2. The quantitative estimate of drug-likeness (QED) is 0.561. The van der Waals surface area contributed by atoms with E-state index < -0.39 is 0 Å². The van der Waals surface area contributed by atoms with E-state index in [0.29, 0.717) is 41.5 Å². The highest BCUT2D eigenvalue weighted by molar-refractivity contribution is 7.99. The number of amides is 1. The Bertz CT molecular complexity index is 1070. The normalized spacial score (nSPS) is 16.7. The third kappa shape index (κ3) is 4.70. The number of benzene rings is 2. The van der Waals surface area contributed by atoms with Crippen LogP contribution >= 0.6 is 11.8 Å². The van der Waals surface area contributed by atoms with Gasteiger partial charge in [0.1, 0.15) is 5.75 Å². The van der Waals surface area contributed by atoms with Gasteiger partial charge in [0.15, 0.2) is 11.0 Å². The van der Waals surface area contributed by atoms with Gasteiger partial charge in [0.05, 0.1) is 24.5 Å².